The Balaban J connectivity index is 1.78. The normalized spacial score (nSPS) is 19.8. The molecule has 25 heavy (non-hydrogen) atoms. The number of esters is 1. The molecule has 0 saturated carbocycles. The number of fused-ring (bicyclic) bond motifs is 2. The highest BCUT2D eigenvalue weighted by Crippen LogP contribution is 2.49. The van der Waals surface area contributed by atoms with E-state index >= 15 is 0 Å². The summed E-state index contributed by atoms with van der Waals surface area (Å²) in [5.74, 6) is -0.721. The molecule has 1 fully saturated rings. The van der Waals surface area contributed by atoms with Crippen LogP contribution in [0.2, 0.25) is 0 Å². The molecule has 2 aliphatic heterocycles. The Labute approximate surface area is 146 Å². The maximum absolute atomic E-state index is 12.9. The smallest absolute Gasteiger partial charge is 0.425 e. The third kappa shape index (κ3) is 3.33. The van der Waals surface area contributed by atoms with Gasteiger partial charge < -0.3 is 14.4 Å². The summed E-state index contributed by atoms with van der Waals surface area (Å²) in [6, 6.07) is 1.01. The zero-order chi connectivity index (χ0) is 18.6. The van der Waals surface area contributed by atoms with Crippen LogP contribution in [0, 0.1) is 0 Å². The molecule has 1 saturated heterocycles. The molecule has 0 atom stereocenters. The summed E-state index contributed by atoms with van der Waals surface area (Å²) in [7, 11) is 0. The molecule has 138 valence electrons. The van der Waals surface area contributed by atoms with Crippen molar-refractivity contribution in [1.29, 1.82) is 0 Å². The number of likely N-dealkylation sites (tertiary alicyclic amines) is 1. The SMILES string of the molecule is CC(C)(C)OC(=O)N1CCC2(CC1)OC(=O)c1sc(C(F)(F)F)cc12. The minimum absolute atomic E-state index is 0.0121. The van der Waals surface area contributed by atoms with Crippen LogP contribution >= 0.6 is 11.3 Å². The van der Waals surface area contributed by atoms with Crippen LogP contribution in [0.3, 0.4) is 0 Å². The molecule has 0 aromatic carbocycles. The summed E-state index contributed by atoms with van der Waals surface area (Å²) in [6.07, 6.45) is -4.47. The van der Waals surface area contributed by atoms with E-state index in [2.05, 4.69) is 0 Å². The van der Waals surface area contributed by atoms with E-state index in [0.29, 0.717) is 16.9 Å². The number of hydrogen-bond acceptors (Lipinski definition) is 5. The van der Waals surface area contributed by atoms with E-state index in [9.17, 15) is 22.8 Å². The van der Waals surface area contributed by atoms with Crippen LogP contribution in [-0.2, 0) is 21.3 Å². The van der Waals surface area contributed by atoms with Crippen molar-refractivity contribution < 1.29 is 32.2 Å². The lowest BCUT2D eigenvalue weighted by Gasteiger charge is -2.38. The molecule has 0 radical (unpaired) electrons. The maximum atomic E-state index is 12.9. The molecule has 9 heteroatoms. The van der Waals surface area contributed by atoms with Gasteiger partial charge in [-0.05, 0) is 26.8 Å². The van der Waals surface area contributed by atoms with Gasteiger partial charge in [0.05, 0.1) is 0 Å². The number of thiophene rings is 1. The van der Waals surface area contributed by atoms with E-state index < -0.39 is 34.3 Å². The lowest BCUT2D eigenvalue weighted by molar-refractivity contribution is -0.134. The largest absolute Gasteiger partial charge is 0.450 e. The molecule has 0 N–H and O–H groups in total. The first-order valence-corrected chi connectivity index (χ1v) is 8.66. The summed E-state index contributed by atoms with van der Waals surface area (Å²) in [5.41, 5.74) is -1.42. The predicted molar refractivity (Wildman–Crippen MR) is 83.5 cm³/mol. The Bertz CT molecular complexity index is 712. The minimum atomic E-state index is -4.49. The fraction of sp³-hybridized carbons (Fsp3) is 0.625. The molecule has 3 rings (SSSR count). The first-order chi connectivity index (χ1) is 11.4. The number of amides is 1. The van der Waals surface area contributed by atoms with Gasteiger partial charge in [-0.1, -0.05) is 0 Å². The van der Waals surface area contributed by atoms with Gasteiger partial charge in [0.25, 0.3) is 0 Å². The van der Waals surface area contributed by atoms with Gasteiger partial charge >= 0.3 is 18.2 Å². The number of carbonyl (C=O) groups excluding carboxylic acids is 2. The maximum Gasteiger partial charge on any atom is 0.425 e. The van der Waals surface area contributed by atoms with Crippen LogP contribution in [0.15, 0.2) is 6.07 Å². The van der Waals surface area contributed by atoms with Crippen LogP contribution in [0.25, 0.3) is 0 Å². The Morgan fingerprint density at radius 3 is 2.40 bits per heavy atom. The second-order valence-electron chi connectivity index (χ2n) is 7.20. The summed E-state index contributed by atoms with van der Waals surface area (Å²) in [4.78, 5) is 24.8. The van der Waals surface area contributed by atoms with Gasteiger partial charge in [0.15, 0.2) is 0 Å². The van der Waals surface area contributed by atoms with Crippen LogP contribution < -0.4 is 0 Å². The minimum Gasteiger partial charge on any atom is -0.450 e. The van der Waals surface area contributed by atoms with Gasteiger partial charge in [-0.2, -0.15) is 13.2 Å². The molecule has 0 unspecified atom stereocenters. The third-order valence-corrected chi connectivity index (χ3v) is 5.36. The number of hydrogen-bond donors (Lipinski definition) is 0. The van der Waals surface area contributed by atoms with Crippen LogP contribution in [0.5, 0.6) is 0 Å². The van der Waals surface area contributed by atoms with Gasteiger partial charge in [0.1, 0.15) is 21.0 Å². The molecule has 1 aromatic rings. The van der Waals surface area contributed by atoms with Gasteiger partial charge in [0, 0.05) is 31.5 Å². The molecule has 1 spiro atoms. The summed E-state index contributed by atoms with van der Waals surface area (Å²) in [5, 5.41) is 0. The van der Waals surface area contributed by atoms with Crippen LogP contribution in [-0.4, -0.2) is 35.7 Å². The first kappa shape index (κ1) is 18.0. The number of ether oxygens (including phenoxy) is 2. The molecule has 1 aromatic heterocycles. The van der Waals surface area contributed by atoms with E-state index in [1.165, 1.54) is 4.90 Å². The lowest BCUT2D eigenvalue weighted by atomic mass is 9.86. The highest BCUT2D eigenvalue weighted by atomic mass is 32.1. The summed E-state index contributed by atoms with van der Waals surface area (Å²) >= 11 is 0.415. The van der Waals surface area contributed by atoms with Crippen LogP contribution in [0.1, 0.15) is 53.7 Å². The van der Waals surface area contributed by atoms with Crippen LogP contribution in [0.4, 0.5) is 18.0 Å². The second-order valence-corrected chi connectivity index (χ2v) is 8.25. The molecule has 1 amide bonds. The number of rotatable bonds is 0. The average Bonchev–Trinajstić information content (AvgIpc) is 2.99. The van der Waals surface area contributed by atoms with E-state index in [4.69, 9.17) is 9.47 Å². The molecule has 2 aliphatic rings. The Morgan fingerprint density at radius 2 is 1.88 bits per heavy atom. The van der Waals surface area contributed by atoms with E-state index in [-0.39, 0.29) is 30.8 Å². The van der Waals surface area contributed by atoms with E-state index in [0.717, 1.165) is 6.07 Å². The molecular formula is C16H18F3NO4S. The zero-order valence-corrected chi connectivity index (χ0v) is 14.8. The monoisotopic (exact) mass is 377 g/mol. The van der Waals surface area contributed by atoms with Crippen molar-refractivity contribution in [1.82, 2.24) is 4.90 Å². The number of nitrogens with zero attached hydrogens (tertiary/aromatic N) is 1. The summed E-state index contributed by atoms with van der Waals surface area (Å²) in [6.45, 7) is 5.76. The number of piperidine rings is 1. The average molecular weight is 377 g/mol. The lowest BCUT2D eigenvalue weighted by Crippen LogP contribution is -2.47. The molecule has 3 heterocycles. The van der Waals surface area contributed by atoms with Crippen molar-refractivity contribution in [2.45, 2.75) is 51.0 Å². The number of halogens is 3. The molecule has 5 nitrogen and oxygen atoms in total. The van der Waals surface area contributed by atoms with Crippen molar-refractivity contribution in [3.05, 3.63) is 21.4 Å². The van der Waals surface area contributed by atoms with E-state index in [1.807, 2.05) is 0 Å². The number of alkyl halides is 3. The Kier molecular flexibility index (Phi) is 4.05. The Hall–Kier alpha value is -1.77. The predicted octanol–water partition coefficient (Wildman–Crippen LogP) is 4.16. The highest BCUT2D eigenvalue weighted by molar-refractivity contribution is 7.14. The Morgan fingerprint density at radius 1 is 1.28 bits per heavy atom. The van der Waals surface area contributed by atoms with E-state index in [1.54, 1.807) is 20.8 Å². The standard InChI is InChI=1S/C16H18F3NO4S/c1-14(2,3)24-13(22)20-6-4-15(5-7-20)9-8-10(16(17,18)19)25-11(9)12(21)23-15/h8H,4-7H2,1-3H3. The third-order valence-electron chi connectivity index (χ3n) is 4.20. The topological polar surface area (TPSA) is 55.8 Å². The van der Waals surface area contributed by atoms with Crippen molar-refractivity contribution in [3.63, 3.8) is 0 Å². The molecule has 0 bridgehead atoms. The summed E-state index contributed by atoms with van der Waals surface area (Å²) < 4.78 is 49.5. The van der Waals surface area contributed by atoms with Crippen molar-refractivity contribution in [2.24, 2.45) is 0 Å². The second kappa shape index (κ2) is 5.62. The van der Waals surface area contributed by atoms with Gasteiger partial charge in [-0.3, -0.25) is 0 Å². The van der Waals surface area contributed by atoms with Gasteiger partial charge in [-0.25, -0.2) is 9.59 Å². The van der Waals surface area contributed by atoms with Gasteiger partial charge in [0.2, 0.25) is 0 Å². The quantitative estimate of drug-likeness (QED) is 0.637. The van der Waals surface area contributed by atoms with Gasteiger partial charge in [-0.15, -0.1) is 11.3 Å². The molecule has 0 aliphatic carbocycles. The molecular weight excluding hydrogens is 359 g/mol. The highest BCUT2D eigenvalue weighted by Gasteiger charge is 2.51. The first-order valence-electron chi connectivity index (χ1n) is 7.84. The zero-order valence-electron chi connectivity index (χ0n) is 14.0. The van der Waals surface area contributed by atoms with Crippen molar-refractivity contribution >= 4 is 23.4 Å². The van der Waals surface area contributed by atoms with Crippen molar-refractivity contribution in [3.8, 4) is 0 Å². The fourth-order valence-electron chi connectivity index (χ4n) is 3.05. The fourth-order valence-corrected chi connectivity index (χ4v) is 4.04. The number of carbonyl (C=O) groups is 2. The van der Waals surface area contributed by atoms with Crippen molar-refractivity contribution in [2.75, 3.05) is 13.1 Å².